The highest BCUT2D eigenvalue weighted by molar-refractivity contribution is 7.13. The van der Waals surface area contributed by atoms with Gasteiger partial charge >= 0.3 is 0 Å². The number of halogens is 1. The Bertz CT molecular complexity index is 507. The van der Waals surface area contributed by atoms with Crippen molar-refractivity contribution in [2.45, 2.75) is 32.2 Å². The molecule has 92 valence electrons. The van der Waals surface area contributed by atoms with Gasteiger partial charge in [-0.25, -0.2) is 0 Å². The minimum absolute atomic E-state index is 0.0939. The molecule has 0 aromatic carbocycles. The Labute approximate surface area is 115 Å². The monoisotopic (exact) mass is 285 g/mol. The van der Waals surface area contributed by atoms with Crippen LogP contribution in [0.25, 0.3) is 0 Å². The Morgan fingerprint density at radius 3 is 2.41 bits per heavy atom. The van der Waals surface area contributed by atoms with Gasteiger partial charge in [0.1, 0.15) is 0 Å². The van der Waals surface area contributed by atoms with Crippen LogP contribution >= 0.6 is 34.3 Å². The maximum absolute atomic E-state index is 6.25. The van der Waals surface area contributed by atoms with Crippen molar-refractivity contribution < 1.29 is 0 Å². The smallest absolute Gasteiger partial charge is 0.0755 e. The lowest BCUT2D eigenvalue weighted by molar-refractivity contribution is 0.604. The first-order valence-corrected chi connectivity index (χ1v) is 7.55. The van der Waals surface area contributed by atoms with Crippen molar-refractivity contribution in [3.63, 3.8) is 0 Å². The topological polar surface area (TPSA) is 26.0 Å². The van der Waals surface area contributed by atoms with Crippen LogP contribution in [0.3, 0.4) is 0 Å². The molecule has 4 heteroatoms. The summed E-state index contributed by atoms with van der Waals surface area (Å²) in [5, 5.41) is 2.75. The third-order valence-electron chi connectivity index (χ3n) is 2.60. The molecule has 2 N–H and O–H groups in total. The van der Waals surface area contributed by atoms with E-state index in [2.05, 4.69) is 32.9 Å². The first-order chi connectivity index (χ1) is 7.89. The highest BCUT2D eigenvalue weighted by Gasteiger charge is 2.20. The Kier molecular flexibility index (Phi) is 3.64. The van der Waals surface area contributed by atoms with Crippen molar-refractivity contribution in [1.29, 1.82) is 0 Å². The largest absolute Gasteiger partial charge is 0.319 e. The van der Waals surface area contributed by atoms with Gasteiger partial charge in [0, 0.05) is 14.6 Å². The van der Waals surface area contributed by atoms with Gasteiger partial charge in [-0.2, -0.15) is 0 Å². The van der Waals surface area contributed by atoms with Gasteiger partial charge in [0.05, 0.1) is 11.1 Å². The molecular weight excluding hydrogens is 270 g/mol. The lowest BCUT2D eigenvalue weighted by Gasteiger charge is -2.15. The third-order valence-corrected chi connectivity index (χ3v) is 5.64. The fourth-order valence-electron chi connectivity index (χ4n) is 1.58. The first-order valence-electron chi connectivity index (χ1n) is 5.48. The minimum Gasteiger partial charge on any atom is -0.319 e. The van der Waals surface area contributed by atoms with Gasteiger partial charge < -0.3 is 5.73 Å². The zero-order valence-electron chi connectivity index (χ0n) is 10.2. The van der Waals surface area contributed by atoms with Gasteiger partial charge in [0.25, 0.3) is 0 Å². The summed E-state index contributed by atoms with van der Waals surface area (Å²) in [6.07, 6.45) is 0. The maximum Gasteiger partial charge on any atom is 0.0755 e. The lowest BCUT2D eigenvalue weighted by Crippen LogP contribution is -2.09. The second-order valence-corrected chi connectivity index (χ2v) is 7.53. The predicted octanol–water partition coefficient (Wildman–Crippen LogP) is 4.81. The number of rotatable bonds is 2. The van der Waals surface area contributed by atoms with Gasteiger partial charge in [-0.3, -0.25) is 0 Å². The SMILES string of the molecule is CC(C)(C)c1ccc(C(N)c2sccc2Cl)s1. The molecule has 17 heavy (non-hydrogen) atoms. The highest BCUT2D eigenvalue weighted by atomic mass is 35.5. The zero-order valence-corrected chi connectivity index (χ0v) is 12.5. The van der Waals surface area contributed by atoms with Gasteiger partial charge in [-0.05, 0) is 29.0 Å². The minimum atomic E-state index is -0.0939. The van der Waals surface area contributed by atoms with Crippen LogP contribution in [0.5, 0.6) is 0 Å². The first kappa shape index (κ1) is 13.1. The summed E-state index contributed by atoms with van der Waals surface area (Å²) in [6.45, 7) is 6.64. The van der Waals surface area contributed by atoms with Crippen LogP contribution in [0, 0.1) is 0 Å². The van der Waals surface area contributed by atoms with Crippen molar-refractivity contribution in [3.05, 3.63) is 43.2 Å². The molecule has 0 spiro atoms. The molecule has 0 aliphatic carbocycles. The maximum atomic E-state index is 6.25. The molecule has 2 heterocycles. The van der Waals surface area contributed by atoms with E-state index in [1.807, 2.05) is 11.4 Å². The summed E-state index contributed by atoms with van der Waals surface area (Å²) in [5.74, 6) is 0. The van der Waals surface area contributed by atoms with Crippen molar-refractivity contribution >= 4 is 34.3 Å². The van der Waals surface area contributed by atoms with Crippen LogP contribution in [-0.4, -0.2) is 0 Å². The third kappa shape index (κ3) is 2.74. The van der Waals surface area contributed by atoms with Gasteiger partial charge in [0.15, 0.2) is 0 Å². The van der Waals surface area contributed by atoms with E-state index >= 15 is 0 Å². The molecule has 2 aromatic heterocycles. The van der Waals surface area contributed by atoms with E-state index in [1.54, 1.807) is 22.7 Å². The molecule has 0 bridgehead atoms. The quantitative estimate of drug-likeness (QED) is 0.842. The lowest BCUT2D eigenvalue weighted by atomic mass is 9.95. The highest BCUT2D eigenvalue weighted by Crippen LogP contribution is 2.37. The zero-order chi connectivity index (χ0) is 12.6. The number of nitrogens with two attached hydrogens (primary N) is 1. The molecule has 1 unspecified atom stereocenters. The fraction of sp³-hybridized carbons (Fsp3) is 0.385. The number of hydrogen-bond donors (Lipinski definition) is 1. The summed E-state index contributed by atoms with van der Waals surface area (Å²) in [4.78, 5) is 3.59. The van der Waals surface area contributed by atoms with Crippen LogP contribution in [0.1, 0.15) is 41.4 Å². The number of hydrogen-bond acceptors (Lipinski definition) is 3. The standard InChI is InChI=1S/C13H16ClNS2/c1-13(2,3)10-5-4-9(17-10)11(15)12-8(14)6-7-16-12/h4-7,11H,15H2,1-3H3. The molecule has 0 aliphatic heterocycles. The summed E-state index contributed by atoms with van der Waals surface area (Å²) >= 11 is 9.51. The molecule has 0 aliphatic rings. The summed E-state index contributed by atoms with van der Waals surface area (Å²) in [6, 6.07) is 6.09. The molecule has 0 fully saturated rings. The van der Waals surface area contributed by atoms with Gasteiger partial charge in [-0.1, -0.05) is 32.4 Å². The Morgan fingerprint density at radius 2 is 1.94 bits per heavy atom. The van der Waals surface area contributed by atoms with E-state index in [0.29, 0.717) is 0 Å². The molecule has 1 atom stereocenters. The summed E-state index contributed by atoms with van der Waals surface area (Å²) < 4.78 is 0. The molecule has 2 aromatic rings. The van der Waals surface area contributed by atoms with Crippen LogP contribution < -0.4 is 5.73 Å². The predicted molar refractivity (Wildman–Crippen MR) is 78.4 cm³/mol. The van der Waals surface area contributed by atoms with Crippen molar-refractivity contribution in [2.75, 3.05) is 0 Å². The van der Waals surface area contributed by atoms with Crippen LogP contribution in [0.2, 0.25) is 5.02 Å². The van der Waals surface area contributed by atoms with Crippen LogP contribution in [0.15, 0.2) is 23.6 Å². The second-order valence-electron chi connectivity index (χ2n) is 5.06. The average molecular weight is 286 g/mol. The van der Waals surface area contributed by atoms with Crippen molar-refractivity contribution in [1.82, 2.24) is 0 Å². The molecule has 2 rings (SSSR count). The average Bonchev–Trinajstić information content (AvgIpc) is 2.83. The molecule has 0 saturated carbocycles. The van der Waals surface area contributed by atoms with Crippen LogP contribution in [-0.2, 0) is 5.41 Å². The normalized spacial score (nSPS) is 13.9. The van der Waals surface area contributed by atoms with E-state index in [-0.39, 0.29) is 11.5 Å². The Morgan fingerprint density at radius 1 is 1.24 bits per heavy atom. The molecule has 0 radical (unpaired) electrons. The molecule has 1 nitrogen and oxygen atoms in total. The molecular formula is C13H16ClNS2. The molecule has 0 saturated heterocycles. The van der Waals surface area contributed by atoms with Crippen molar-refractivity contribution in [3.8, 4) is 0 Å². The second kappa shape index (κ2) is 4.73. The van der Waals surface area contributed by atoms with E-state index in [0.717, 1.165) is 9.90 Å². The van der Waals surface area contributed by atoms with E-state index < -0.39 is 0 Å². The Hall–Kier alpha value is -0.350. The number of thiophene rings is 2. The van der Waals surface area contributed by atoms with E-state index in [4.69, 9.17) is 17.3 Å². The van der Waals surface area contributed by atoms with E-state index in [9.17, 15) is 0 Å². The van der Waals surface area contributed by atoms with Crippen LogP contribution in [0.4, 0.5) is 0 Å². The molecule has 0 amide bonds. The fourth-order valence-corrected chi connectivity index (χ4v) is 3.93. The summed E-state index contributed by atoms with van der Waals surface area (Å²) in [5.41, 5.74) is 6.44. The van der Waals surface area contributed by atoms with E-state index in [1.165, 1.54) is 9.75 Å². The Balaban J connectivity index is 2.30. The van der Waals surface area contributed by atoms with Gasteiger partial charge in [-0.15, -0.1) is 22.7 Å². The summed E-state index contributed by atoms with van der Waals surface area (Å²) in [7, 11) is 0. The van der Waals surface area contributed by atoms with Crippen molar-refractivity contribution in [2.24, 2.45) is 5.73 Å². The van der Waals surface area contributed by atoms with Gasteiger partial charge in [0.2, 0.25) is 0 Å².